The molecule has 34 heavy (non-hydrogen) atoms. The number of halogens is 6. The third kappa shape index (κ3) is 4.32. The van der Waals surface area contributed by atoms with Crippen LogP contribution in [0.2, 0.25) is 0 Å². The van der Waals surface area contributed by atoms with Crippen LogP contribution >= 0.6 is 0 Å². The molecule has 0 saturated heterocycles. The maximum absolute atomic E-state index is 12.6. The van der Waals surface area contributed by atoms with Gasteiger partial charge in [0.05, 0.1) is 17.1 Å². The number of hydrogen-bond acceptors (Lipinski definition) is 6. The second-order valence-corrected chi connectivity index (χ2v) is 9.25. The van der Waals surface area contributed by atoms with Gasteiger partial charge in [-0.25, -0.2) is 0 Å². The van der Waals surface area contributed by atoms with E-state index in [0.29, 0.717) is 31.0 Å². The number of nitrogens with one attached hydrogen (secondary N) is 1. The smallest absolute Gasteiger partial charge is 0.484 e. The lowest BCUT2D eigenvalue weighted by molar-refractivity contribution is -0.352. The molecule has 0 radical (unpaired) electrons. The normalized spacial score (nSPS) is 30.1. The van der Waals surface area contributed by atoms with Crippen molar-refractivity contribution in [3.05, 3.63) is 41.6 Å². The van der Waals surface area contributed by atoms with Gasteiger partial charge in [-0.2, -0.15) is 13.2 Å². The summed E-state index contributed by atoms with van der Waals surface area (Å²) < 4.78 is 89.5. The Morgan fingerprint density at radius 2 is 1.71 bits per heavy atom. The van der Waals surface area contributed by atoms with Gasteiger partial charge < -0.3 is 14.5 Å². The standard InChI is InChI=1S/C21H19F6N3O4/c22-20(23,24)12-1-3-13(4-2-12)32-7-15(31)28-19-8-18(9-19,10-19)17-30-29-16(33-17)11-5-14(6-11)34-21(25,26)27/h1-4,11,14H,5-10H2,(H,28,31). The Bertz CT molecular complexity index is 1060. The first kappa shape index (κ1) is 22.9. The highest BCUT2D eigenvalue weighted by atomic mass is 19.4. The minimum atomic E-state index is -4.66. The van der Waals surface area contributed by atoms with Gasteiger partial charge in [-0.3, -0.25) is 9.53 Å². The molecule has 4 aliphatic carbocycles. The summed E-state index contributed by atoms with van der Waals surface area (Å²) >= 11 is 0. The average molecular weight is 491 g/mol. The van der Waals surface area contributed by atoms with Crippen molar-refractivity contribution in [1.82, 2.24) is 15.5 Å². The molecule has 1 N–H and O–H groups in total. The molecule has 2 aromatic rings. The number of amides is 1. The molecule has 4 fully saturated rings. The lowest BCUT2D eigenvalue weighted by atomic mass is 9.39. The third-order valence-electron chi connectivity index (χ3n) is 6.63. The second-order valence-electron chi connectivity index (χ2n) is 9.25. The van der Waals surface area contributed by atoms with Crippen LogP contribution in [0, 0.1) is 0 Å². The van der Waals surface area contributed by atoms with Crippen molar-refractivity contribution < 1.29 is 45.0 Å². The van der Waals surface area contributed by atoms with Crippen molar-refractivity contribution in [2.24, 2.45) is 0 Å². The van der Waals surface area contributed by atoms with Crippen LogP contribution in [-0.4, -0.2) is 40.7 Å². The minimum absolute atomic E-state index is 0.148. The Balaban J connectivity index is 1.07. The quantitative estimate of drug-likeness (QED) is 0.584. The van der Waals surface area contributed by atoms with Crippen molar-refractivity contribution in [3.63, 3.8) is 0 Å². The van der Waals surface area contributed by atoms with Crippen molar-refractivity contribution in [2.75, 3.05) is 6.61 Å². The summed E-state index contributed by atoms with van der Waals surface area (Å²) in [5.41, 5.74) is -1.57. The number of carbonyl (C=O) groups is 1. The first-order valence-electron chi connectivity index (χ1n) is 10.5. The molecule has 7 nitrogen and oxygen atoms in total. The summed E-state index contributed by atoms with van der Waals surface area (Å²) in [6.45, 7) is -0.340. The Morgan fingerprint density at radius 3 is 2.29 bits per heavy atom. The molecule has 1 aromatic carbocycles. The maximum Gasteiger partial charge on any atom is 0.522 e. The molecule has 0 aliphatic heterocycles. The number of hydrogen-bond donors (Lipinski definition) is 1. The van der Waals surface area contributed by atoms with E-state index < -0.39 is 35.7 Å². The van der Waals surface area contributed by atoms with E-state index in [1.54, 1.807) is 0 Å². The van der Waals surface area contributed by atoms with E-state index in [1.807, 2.05) is 0 Å². The van der Waals surface area contributed by atoms with E-state index in [2.05, 4.69) is 20.3 Å². The first-order chi connectivity index (χ1) is 15.8. The molecule has 0 atom stereocenters. The molecule has 0 unspecified atom stereocenters. The molecule has 6 rings (SSSR count). The van der Waals surface area contributed by atoms with Crippen LogP contribution in [0.1, 0.15) is 55.4 Å². The SMILES string of the molecule is O=C(COc1ccc(C(F)(F)F)cc1)NC12CC(c3nnc(C4CC(OC(F)(F)F)C4)o3)(C1)C2. The lowest BCUT2D eigenvalue weighted by Crippen LogP contribution is -2.77. The summed E-state index contributed by atoms with van der Waals surface area (Å²) in [6.07, 6.45) is -7.95. The predicted octanol–water partition coefficient (Wildman–Crippen LogP) is 4.24. The van der Waals surface area contributed by atoms with Crippen molar-refractivity contribution in [1.29, 1.82) is 0 Å². The van der Waals surface area contributed by atoms with Gasteiger partial charge in [0.2, 0.25) is 11.8 Å². The monoisotopic (exact) mass is 491 g/mol. The zero-order valence-electron chi connectivity index (χ0n) is 17.5. The van der Waals surface area contributed by atoms with Crippen molar-refractivity contribution in [2.45, 2.75) is 67.6 Å². The Labute approximate surface area is 188 Å². The van der Waals surface area contributed by atoms with E-state index in [1.165, 1.54) is 0 Å². The van der Waals surface area contributed by atoms with Gasteiger partial charge in [-0.15, -0.1) is 23.4 Å². The number of benzene rings is 1. The minimum Gasteiger partial charge on any atom is -0.484 e. The fraction of sp³-hybridized carbons (Fsp3) is 0.571. The summed E-state index contributed by atoms with van der Waals surface area (Å²) in [5, 5.41) is 10.9. The van der Waals surface area contributed by atoms with E-state index in [-0.39, 0.29) is 36.5 Å². The van der Waals surface area contributed by atoms with E-state index in [4.69, 9.17) is 9.15 Å². The molecule has 13 heteroatoms. The summed E-state index contributed by atoms with van der Waals surface area (Å²) in [7, 11) is 0. The first-order valence-corrected chi connectivity index (χ1v) is 10.5. The van der Waals surface area contributed by atoms with E-state index >= 15 is 0 Å². The Morgan fingerprint density at radius 1 is 1.06 bits per heavy atom. The molecule has 2 bridgehead atoms. The van der Waals surface area contributed by atoms with Crippen LogP contribution < -0.4 is 10.1 Å². The highest BCUT2D eigenvalue weighted by Crippen LogP contribution is 2.67. The number of nitrogens with zero attached hydrogens (tertiary/aromatic N) is 2. The second kappa shape index (κ2) is 7.59. The van der Waals surface area contributed by atoms with E-state index in [0.717, 1.165) is 24.3 Å². The van der Waals surface area contributed by atoms with Gasteiger partial charge in [-0.05, 0) is 56.4 Å². The molecule has 0 spiro atoms. The van der Waals surface area contributed by atoms with Crippen molar-refractivity contribution in [3.8, 4) is 5.75 Å². The zero-order valence-corrected chi connectivity index (χ0v) is 17.5. The molecule has 1 amide bonds. The fourth-order valence-corrected chi connectivity index (χ4v) is 5.03. The van der Waals surface area contributed by atoms with Crippen LogP contribution in [0.15, 0.2) is 28.7 Å². The van der Waals surface area contributed by atoms with E-state index in [9.17, 15) is 31.1 Å². The van der Waals surface area contributed by atoms with Crippen LogP contribution in [-0.2, 0) is 21.1 Å². The van der Waals surface area contributed by atoms with Gasteiger partial charge >= 0.3 is 12.5 Å². The molecular formula is C21H19F6N3O4. The molecular weight excluding hydrogens is 472 g/mol. The topological polar surface area (TPSA) is 86.5 Å². The highest BCUT2D eigenvalue weighted by molar-refractivity contribution is 5.79. The van der Waals surface area contributed by atoms with Crippen molar-refractivity contribution >= 4 is 5.91 Å². The van der Waals surface area contributed by atoms with Crippen LogP contribution in [0.5, 0.6) is 5.75 Å². The third-order valence-corrected chi connectivity index (χ3v) is 6.63. The fourth-order valence-electron chi connectivity index (χ4n) is 5.03. The molecule has 1 heterocycles. The van der Waals surface area contributed by atoms with Gasteiger partial charge in [0.1, 0.15) is 5.75 Å². The molecule has 4 saturated carbocycles. The van der Waals surface area contributed by atoms with Gasteiger partial charge in [0.15, 0.2) is 6.61 Å². The van der Waals surface area contributed by atoms with Gasteiger partial charge in [-0.1, -0.05) is 0 Å². The maximum atomic E-state index is 12.6. The summed E-state index contributed by atoms with van der Waals surface area (Å²) in [4.78, 5) is 12.2. The molecule has 184 valence electrons. The average Bonchev–Trinajstić information content (AvgIpc) is 3.12. The predicted molar refractivity (Wildman–Crippen MR) is 101 cm³/mol. The van der Waals surface area contributed by atoms with Gasteiger partial charge in [0.25, 0.3) is 5.91 Å². The highest BCUT2D eigenvalue weighted by Gasteiger charge is 2.72. The Kier molecular flexibility index (Phi) is 5.12. The molecule has 1 aromatic heterocycles. The van der Waals surface area contributed by atoms with Crippen LogP contribution in [0.4, 0.5) is 26.3 Å². The number of aromatic nitrogens is 2. The largest absolute Gasteiger partial charge is 0.522 e. The zero-order chi connectivity index (χ0) is 24.4. The van der Waals surface area contributed by atoms with Gasteiger partial charge in [0, 0.05) is 11.5 Å². The summed E-state index contributed by atoms with van der Waals surface area (Å²) in [5.74, 6) is 0.195. The summed E-state index contributed by atoms with van der Waals surface area (Å²) in [6, 6.07) is 4.06. The van der Waals surface area contributed by atoms with Crippen LogP contribution in [0.3, 0.4) is 0 Å². The Hall–Kier alpha value is -2.83. The number of alkyl halides is 6. The lowest BCUT2D eigenvalue weighted by Gasteiger charge is -2.68. The number of carbonyl (C=O) groups excluding carboxylic acids is 1. The number of ether oxygens (including phenoxy) is 2. The molecule has 4 aliphatic rings. The number of rotatable bonds is 7. The van der Waals surface area contributed by atoms with Crippen LogP contribution in [0.25, 0.3) is 0 Å².